The van der Waals surface area contributed by atoms with Crippen LogP contribution in [0.5, 0.6) is 0 Å². The lowest BCUT2D eigenvalue weighted by Gasteiger charge is -2.30. The van der Waals surface area contributed by atoms with Crippen molar-refractivity contribution in [3.05, 3.63) is 34.9 Å². The van der Waals surface area contributed by atoms with E-state index in [1.54, 1.807) is 6.20 Å². The van der Waals surface area contributed by atoms with Gasteiger partial charge in [-0.25, -0.2) is 9.37 Å². The summed E-state index contributed by atoms with van der Waals surface area (Å²) >= 11 is 0. The van der Waals surface area contributed by atoms with Crippen LogP contribution in [0, 0.1) is 5.82 Å². The second-order valence-electron chi connectivity index (χ2n) is 7.56. The fraction of sp³-hybridized carbons (Fsp3) is 0.421. The Hall–Kier alpha value is -2.98. The molecular weight excluding hydrogens is 379 g/mol. The molecule has 5 rings (SSSR count). The number of carbonyl (C=O) groups excluding carboxylic acids is 2. The number of hydrogen-bond acceptors (Lipinski definition) is 6. The minimum atomic E-state index is -0.540. The molecule has 3 aliphatic rings. The average Bonchev–Trinajstić information content (AvgIpc) is 3.29. The lowest BCUT2D eigenvalue weighted by atomic mass is 10.0. The highest BCUT2D eigenvalue weighted by Crippen LogP contribution is 2.34. The van der Waals surface area contributed by atoms with Crippen molar-refractivity contribution >= 4 is 17.6 Å². The second-order valence-corrected chi connectivity index (χ2v) is 7.56. The topological polar surface area (TPSA) is 123 Å². The smallest absolute Gasteiger partial charge is 0.254 e. The van der Waals surface area contributed by atoms with Crippen molar-refractivity contribution in [2.24, 2.45) is 5.73 Å². The van der Waals surface area contributed by atoms with Crippen LogP contribution in [0.4, 0.5) is 10.2 Å². The monoisotopic (exact) mass is 400 g/mol. The number of aromatic nitrogens is 2. The summed E-state index contributed by atoms with van der Waals surface area (Å²) in [5.41, 5.74) is 8.60. The highest BCUT2D eigenvalue weighted by Gasteiger charge is 2.32. The molecule has 10 heteroatoms. The average molecular weight is 400 g/mol. The van der Waals surface area contributed by atoms with E-state index in [2.05, 4.69) is 20.9 Å². The quantitative estimate of drug-likeness (QED) is 0.579. The van der Waals surface area contributed by atoms with Gasteiger partial charge < -0.3 is 31.0 Å². The molecule has 2 amide bonds. The van der Waals surface area contributed by atoms with Crippen LogP contribution in [-0.2, 0) is 29.2 Å². The maximum atomic E-state index is 15.2. The van der Waals surface area contributed by atoms with Gasteiger partial charge in [-0.2, -0.15) is 0 Å². The summed E-state index contributed by atoms with van der Waals surface area (Å²) in [4.78, 5) is 28.6. The molecule has 5 N–H and O–H groups in total. The van der Waals surface area contributed by atoms with Crippen molar-refractivity contribution in [1.82, 2.24) is 20.2 Å². The third-order valence-electron chi connectivity index (χ3n) is 5.65. The van der Waals surface area contributed by atoms with Crippen molar-refractivity contribution in [2.45, 2.75) is 38.1 Å². The normalized spacial score (nSPS) is 23.2. The third kappa shape index (κ3) is 3.04. The highest BCUT2D eigenvalue weighted by atomic mass is 19.1. The van der Waals surface area contributed by atoms with Crippen LogP contribution < -0.4 is 21.7 Å². The maximum Gasteiger partial charge on any atom is 0.254 e. The molecule has 152 valence electrons. The Morgan fingerprint density at radius 3 is 3.00 bits per heavy atom. The second kappa shape index (κ2) is 6.82. The Balaban J connectivity index is 1.59. The van der Waals surface area contributed by atoms with Crippen LogP contribution in [0.1, 0.15) is 28.0 Å². The number of nitrogens with two attached hydrogens (primary N) is 1. The predicted octanol–water partition coefficient (Wildman–Crippen LogP) is 0.0905. The number of nitrogens with one attached hydrogen (secondary N) is 3. The van der Waals surface area contributed by atoms with Gasteiger partial charge in [0.25, 0.3) is 5.91 Å². The van der Waals surface area contributed by atoms with Crippen LogP contribution in [0.25, 0.3) is 11.3 Å². The Labute approximate surface area is 165 Å². The van der Waals surface area contributed by atoms with E-state index in [1.165, 1.54) is 0 Å². The number of anilines is 1. The Bertz CT molecular complexity index is 1020. The summed E-state index contributed by atoms with van der Waals surface area (Å²) in [6.45, 7) is 1.64. The molecular formula is C19H21FN6O3. The Kier molecular flexibility index (Phi) is 4.25. The van der Waals surface area contributed by atoms with Gasteiger partial charge in [-0.15, -0.1) is 0 Å². The van der Waals surface area contributed by atoms with E-state index in [0.717, 1.165) is 5.69 Å². The number of amides is 2. The van der Waals surface area contributed by atoms with Gasteiger partial charge in [0.2, 0.25) is 5.91 Å². The standard InChI is InChI=1S/C19H21FN6O3/c20-16-11-5-23-19(28)15(11)17(9-3-10-4-22-14(27)7-26(10)6-9)25-18(16)24-13-1-2-29-8-12(13)21/h3,6,12-13H,1-2,4-5,7-8,21H2,(H,22,27)(H,23,28)(H,24,25)/t12-,13+/m0/s1. The molecule has 1 fully saturated rings. The zero-order valence-corrected chi connectivity index (χ0v) is 15.6. The zero-order valence-electron chi connectivity index (χ0n) is 15.6. The van der Waals surface area contributed by atoms with Gasteiger partial charge in [0.05, 0.1) is 24.4 Å². The van der Waals surface area contributed by atoms with Gasteiger partial charge in [0.15, 0.2) is 11.6 Å². The number of fused-ring (bicyclic) bond motifs is 2. The van der Waals surface area contributed by atoms with Gasteiger partial charge in [-0.1, -0.05) is 0 Å². The molecule has 2 atom stereocenters. The molecule has 0 saturated carbocycles. The van der Waals surface area contributed by atoms with Gasteiger partial charge in [0, 0.05) is 48.3 Å². The molecule has 2 aromatic heterocycles. The van der Waals surface area contributed by atoms with Gasteiger partial charge in [-0.3, -0.25) is 9.59 Å². The first-order chi connectivity index (χ1) is 14.0. The Morgan fingerprint density at radius 1 is 1.31 bits per heavy atom. The number of halogens is 1. The molecule has 0 bridgehead atoms. The van der Waals surface area contributed by atoms with Gasteiger partial charge in [-0.05, 0) is 12.5 Å². The van der Waals surface area contributed by atoms with Crippen molar-refractivity contribution in [1.29, 1.82) is 0 Å². The van der Waals surface area contributed by atoms with Crippen molar-refractivity contribution in [2.75, 3.05) is 18.5 Å². The molecule has 0 unspecified atom stereocenters. The van der Waals surface area contributed by atoms with Crippen molar-refractivity contribution in [3.8, 4) is 11.3 Å². The number of rotatable bonds is 3. The summed E-state index contributed by atoms with van der Waals surface area (Å²) in [5.74, 6) is -0.891. The summed E-state index contributed by atoms with van der Waals surface area (Å²) < 4.78 is 22.3. The van der Waals surface area contributed by atoms with Crippen LogP contribution in [-0.4, -0.2) is 46.7 Å². The lowest BCUT2D eigenvalue weighted by molar-refractivity contribution is -0.122. The van der Waals surface area contributed by atoms with Crippen LogP contribution in [0.15, 0.2) is 12.3 Å². The molecule has 3 aliphatic heterocycles. The largest absolute Gasteiger partial charge is 0.380 e. The molecule has 1 saturated heterocycles. The van der Waals surface area contributed by atoms with Crippen LogP contribution in [0.3, 0.4) is 0 Å². The van der Waals surface area contributed by atoms with E-state index < -0.39 is 5.82 Å². The van der Waals surface area contributed by atoms with E-state index in [1.807, 2.05) is 10.6 Å². The third-order valence-corrected chi connectivity index (χ3v) is 5.65. The molecule has 29 heavy (non-hydrogen) atoms. The Morgan fingerprint density at radius 2 is 2.17 bits per heavy atom. The minimum Gasteiger partial charge on any atom is -0.380 e. The molecule has 0 radical (unpaired) electrons. The number of ether oxygens (including phenoxy) is 1. The van der Waals surface area contributed by atoms with E-state index >= 15 is 4.39 Å². The number of carbonyl (C=O) groups is 2. The van der Waals surface area contributed by atoms with E-state index in [-0.39, 0.29) is 48.4 Å². The van der Waals surface area contributed by atoms with Gasteiger partial charge in [0.1, 0.15) is 6.54 Å². The number of hydrogen-bond donors (Lipinski definition) is 4. The molecule has 2 aromatic rings. The molecule has 9 nitrogen and oxygen atoms in total. The summed E-state index contributed by atoms with van der Waals surface area (Å²) in [6.07, 6.45) is 2.42. The maximum absolute atomic E-state index is 15.2. The zero-order chi connectivity index (χ0) is 20.1. The lowest BCUT2D eigenvalue weighted by Crippen LogP contribution is -2.48. The predicted molar refractivity (Wildman–Crippen MR) is 101 cm³/mol. The van der Waals surface area contributed by atoms with Crippen molar-refractivity contribution in [3.63, 3.8) is 0 Å². The van der Waals surface area contributed by atoms with Crippen LogP contribution in [0.2, 0.25) is 0 Å². The first-order valence-corrected chi connectivity index (χ1v) is 9.58. The fourth-order valence-electron chi connectivity index (χ4n) is 4.08. The van der Waals surface area contributed by atoms with Crippen LogP contribution >= 0.6 is 0 Å². The first kappa shape index (κ1) is 18.1. The van der Waals surface area contributed by atoms with E-state index in [0.29, 0.717) is 43.0 Å². The summed E-state index contributed by atoms with van der Waals surface area (Å²) in [7, 11) is 0. The highest BCUT2D eigenvalue weighted by molar-refractivity contribution is 6.04. The van der Waals surface area contributed by atoms with Crippen molar-refractivity contribution < 1.29 is 18.7 Å². The van der Waals surface area contributed by atoms with E-state index in [4.69, 9.17) is 10.5 Å². The SMILES string of the molecule is N[C@H]1COCC[C@H]1Nc1nc(-c2cc3n(c2)CC(=O)NC3)c2c(c1F)CNC2=O. The van der Waals surface area contributed by atoms with E-state index in [9.17, 15) is 9.59 Å². The summed E-state index contributed by atoms with van der Waals surface area (Å²) in [6, 6.07) is 1.42. The summed E-state index contributed by atoms with van der Waals surface area (Å²) in [5, 5.41) is 8.58. The fourth-order valence-corrected chi connectivity index (χ4v) is 4.08. The minimum absolute atomic E-state index is 0.0782. The molecule has 0 aliphatic carbocycles. The molecule has 5 heterocycles. The first-order valence-electron chi connectivity index (χ1n) is 9.58. The number of nitrogens with zero attached hydrogens (tertiary/aromatic N) is 2. The van der Waals surface area contributed by atoms with Gasteiger partial charge >= 0.3 is 0 Å². The molecule has 0 spiro atoms. The number of pyridine rings is 1. The molecule has 0 aromatic carbocycles.